The molecule has 0 bridgehead atoms. The summed E-state index contributed by atoms with van der Waals surface area (Å²) in [5, 5.41) is 5.20. The van der Waals surface area contributed by atoms with E-state index in [1.807, 2.05) is 25.1 Å². The normalized spacial score (nSPS) is 10.5. The SMILES string of the molecule is COC(=O)c1ccc(C)c(NC(=O)CSc2ccc3ccccc3c2)c1. The van der Waals surface area contributed by atoms with Crippen LogP contribution in [0, 0.1) is 6.92 Å². The van der Waals surface area contributed by atoms with Crippen LogP contribution < -0.4 is 5.32 Å². The second kappa shape index (κ2) is 8.06. The highest BCUT2D eigenvalue weighted by molar-refractivity contribution is 8.00. The van der Waals surface area contributed by atoms with Gasteiger partial charge in [0.15, 0.2) is 0 Å². The predicted octanol–water partition coefficient (Wildman–Crippen LogP) is 4.67. The van der Waals surface area contributed by atoms with Crippen molar-refractivity contribution in [3.8, 4) is 0 Å². The van der Waals surface area contributed by atoms with Crippen molar-refractivity contribution in [1.29, 1.82) is 0 Å². The van der Waals surface area contributed by atoms with Gasteiger partial charge < -0.3 is 10.1 Å². The largest absolute Gasteiger partial charge is 0.465 e. The molecule has 0 saturated carbocycles. The maximum atomic E-state index is 12.3. The first-order chi connectivity index (χ1) is 12.6. The van der Waals surface area contributed by atoms with E-state index in [4.69, 9.17) is 4.74 Å². The lowest BCUT2D eigenvalue weighted by Crippen LogP contribution is -2.15. The number of carbonyl (C=O) groups is 2. The first-order valence-corrected chi connectivity index (χ1v) is 9.16. The molecule has 0 aromatic heterocycles. The number of hydrogen-bond acceptors (Lipinski definition) is 4. The first-order valence-electron chi connectivity index (χ1n) is 8.17. The molecule has 0 spiro atoms. The highest BCUT2D eigenvalue weighted by atomic mass is 32.2. The maximum absolute atomic E-state index is 12.3. The van der Waals surface area contributed by atoms with E-state index in [1.165, 1.54) is 24.3 Å². The quantitative estimate of drug-likeness (QED) is 0.527. The molecule has 1 N–H and O–H groups in total. The monoisotopic (exact) mass is 365 g/mol. The van der Waals surface area contributed by atoms with Gasteiger partial charge in [-0.25, -0.2) is 4.79 Å². The van der Waals surface area contributed by atoms with Gasteiger partial charge in [0.25, 0.3) is 0 Å². The van der Waals surface area contributed by atoms with E-state index in [0.29, 0.717) is 17.0 Å². The summed E-state index contributed by atoms with van der Waals surface area (Å²) in [5.41, 5.74) is 1.93. The smallest absolute Gasteiger partial charge is 0.337 e. The molecule has 0 unspecified atom stereocenters. The van der Waals surface area contributed by atoms with Crippen molar-refractivity contribution in [2.75, 3.05) is 18.2 Å². The van der Waals surface area contributed by atoms with Gasteiger partial charge in [-0.3, -0.25) is 4.79 Å². The molecule has 0 fully saturated rings. The van der Waals surface area contributed by atoms with Crippen LogP contribution in [0.4, 0.5) is 5.69 Å². The van der Waals surface area contributed by atoms with Gasteiger partial charge in [-0.1, -0.05) is 36.4 Å². The average Bonchev–Trinajstić information content (AvgIpc) is 2.67. The molecule has 0 aliphatic rings. The molecular weight excluding hydrogens is 346 g/mol. The summed E-state index contributed by atoms with van der Waals surface area (Å²) in [5.74, 6) is -0.250. The Morgan fingerprint density at radius 1 is 1.00 bits per heavy atom. The minimum absolute atomic E-state index is 0.117. The van der Waals surface area contributed by atoms with Gasteiger partial charge in [0.1, 0.15) is 0 Å². The number of thioether (sulfide) groups is 1. The summed E-state index contributed by atoms with van der Waals surface area (Å²) in [7, 11) is 1.33. The van der Waals surface area contributed by atoms with Gasteiger partial charge in [0.05, 0.1) is 18.4 Å². The van der Waals surface area contributed by atoms with Crippen LogP contribution in [0.3, 0.4) is 0 Å². The van der Waals surface area contributed by atoms with Gasteiger partial charge in [-0.15, -0.1) is 11.8 Å². The Hall–Kier alpha value is -2.79. The molecule has 0 saturated heterocycles. The Labute approximate surface area is 156 Å². The predicted molar refractivity (Wildman–Crippen MR) is 106 cm³/mol. The number of ether oxygens (including phenoxy) is 1. The molecule has 3 rings (SSSR count). The van der Waals surface area contributed by atoms with Crippen LogP contribution in [0.15, 0.2) is 65.6 Å². The van der Waals surface area contributed by atoms with Gasteiger partial charge in [0, 0.05) is 10.6 Å². The number of carbonyl (C=O) groups excluding carboxylic acids is 2. The Balaban J connectivity index is 1.66. The first kappa shape index (κ1) is 18.0. The third kappa shape index (κ3) is 4.24. The third-order valence-electron chi connectivity index (χ3n) is 4.02. The molecule has 0 heterocycles. The Morgan fingerprint density at radius 2 is 1.77 bits per heavy atom. The van der Waals surface area contributed by atoms with Crippen LogP contribution in [0.2, 0.25) is 0 Å². The van der Waals surface area contributed by atoms with Crippen molar-refractivity contribution in [1.82, 2.24) is 0 Å². The molecular formula is C21H19NO3S. The van der Waals surface area contributed by atoms with E-state index in [1.54, 1.807) is 18.2 Å². The summed E-state index contributed by atoms with van der Waals surface area (Å²) < 4.78 is 4.72. The van der Waals surface area contributed by atoms with E-state index in [2.05, 4.69) is 29.6 Å². The van der Waals surface area contributed by atoms with Crippen molar-refractivity contribution in [2.24, 2.45) is 0 Å². The van der Waals surface area contributed by atoms with E-state index in [9.17, 15) is 9.59 Å². The van der Waals surface area contributed by atoms with Crippen LogP contribution in [0.1, 0.15) is 15.9 Å². The molecule has 1 amide bonds. The second-order valence-electron chi connectivity index (χ2n) is 5.87. The average molecular weight is 365 g/mol. The maximum Gasteiger partial charge on any atom is 0.337 e. The number of methoxy groups -OCH3 is 1. The van der Waals surface area contributed by atoms with E-state index in [0.717, 1.165) is 15.8 Å². The van der Waals surface area contributed by atoms with Crippen molar-refractivity contribution in [3.05, 3.63) is 71.8 Å². The number of hydrogen-bond donors (Lipinski definition) is 1. The molecule has 0 atom stereocenters. The van der Waals surface area contributed by atoms with Crippen LogP contribution >= 0.6 is 11.8 Å². The van der Waals surface area contributed by atoms with Gasteiger partial charge in [-0.05, 0) is 47.5 Å². The number of rotatable bonds is 5. The van der Waals surface area contributed by atoms with Crippen LogP contribution in [-0.2, 0) is 9.53 Å². The highest BCUT2D eigenvalue weighted by Gasteiger charge is 2.11. The standard InChI is InChI=1S/C21H19NO3S/c1-14-7-8-17(21(24)25-2)12-19(14)22-20(23)13-26-18-10-9-15-5-3-4-6-16(15)11-18/h3-12H,13H2,1-2H3,(H,22,23). The topological polar surface area (TPSA) is 55.4 Å². The van der Waals surface area contributed by atoms with Crippen molar-refractivity contribution in [3.63, 3.8) is 0 Å². The van der Waals surface area contributed by atoms with Gasteiger partial charge >= 0.3 is 5.97 Å². The minimum atomic E-state index is -0.425. The van der Waals surface area contributed by atoms with Crippen LogP contribution in [0.5, 0.6) is 0 Å². The summed E-state index contributed by atoms with van der Waals surface area (Å²) in [6.07, 6.45) is 0. The molecule has 26 heavy (non-hydrogen) atoms. The summed E-state index contributed by atoms with van der Waals surface area (Å²) in [6, 6.07) is 19.4. The van der Waals surface area contributed by atoms with Crippen molar-refractivity contribution >= 4 is 40.1 Å². The zero-order chi connectivity index (χ0) is 18.5. The highest BCUT2D eigenvalue weighted by Crippen LogP contribution is 2.24. The Kier molecular flexibility index (Phi) is 5.58. The minimum Gasteiger partial charge on any atom is -0.465 e. The van der Waals surface area contributed by atoms with E-state index < -0.39 is 5.97 Å². The summed E-state index contributed by atoms with van der Waals surface area (Å²) in [6.45, 7) is 1.88. The zero-order valence-electron chi connectivity index (χ0n) is 14.6. The fraction of sp³-hybridized carbons (Fsp3) is 0.143. The lowest BCUT2D eigenvalue weighted by molar-refractivity contribution is -0.113. The Morgan fingerprint density at radius 3 is 2.54 bits per heavy atom. The fourth-order valence-corrected chi connectivity index (χ4v) is 3.34. The van der Waals surface area contributed by atoms with Crippen LogP contribution in [-0.4, -0.2) is 24.7 Å². The van der Waals surface area contributed by atoms with Crippen molar-refractivity contribution in [2.45, 2.75) is 11.8 Å². The number of fused-ring (bicyclic) bond motifs is 1. The number of aryl methyl sites for hydroxylation is 1. The molecule has 3 aromatic rings. The number of nitrogens with one attached hydrogen (secondary N) is 1. The van der Waals surface area contributed by atoms with Gasteiger partial charge in [0.2, 0.25) is 5.91 Å². The molecule has 0 aliphatic heterocycles. The molecule has 0 aliphatic carbocycles. The second-order valence-corrected chi connectivity index (χ2v) is 6.92. The van der Waals surface area contributed by atoms with E-state index >= 15 is 0 Å². The summed E-state index contributed by atoms with van der Waals surface area (Å²) in [4.78, 5) is 25.0. The lowest BCUT2D eigenvalue weighted by atomic mass is 10.1. The molecule has 0 radical (unpaired) electrons. The molecule has 3 aromatic carbocycles. The van der Waals surface area contributed by atoms with Crippen LogP contribution in [0.25, 0.3) is 10.8 Å². The fourth-order valence-electron chi connectivity index (χ4n) is 2.59. The molecule has 4 nitrogen and oxygen atoms in total. The molecule has 132 valence electrons. The lowest BCUT2D eigenvalue weighted by Gasteiger charge is -2.10. The van der Waals surface area contributed by atoms with E-state index in [-0.39, 0.29) is 5.91 Å². The number of amides is 1. The molecule has 5 heteroatoms. The number of benzene rings is 3. The summed E-state index contributed by atoms with van der Waals surface area (Å²) >= 11 is 1.48. The number of esters is 1. The van der Waals surface area contributed by atoms with Crippen molar-refractivity contribution < 1.29 is 14.3 Å². The third-order valence-corrected chi connectivity index (χ3v) is 5.02. The van der Waals surface area contributed by atoms with Gasteiger partial charge in [-0.2, -0.15) is 0 Å². The number of anilines is 1. The zero-order valence-corrected chi connectivity index (χ0v) is 15.4. The Bertz CT molecular complexity index is 968.